The first kappa shape index (κ1) is 19.4. The van der Waals surface area contributed by atoms with E-state index in [-0.39, 0.29) is 12.2 Å². The molecule has 0 aromatic heterocycles. The van der Waals surface area contributed by atoms with Crippen molar-refractivity contribution in [2.24, 2.45) is 0 Å². The fourth-order valence-corrected chi connectivity index (χ4v) is 1.77. The summed E-state index contributed by atoms with van der Waals surface area (Å²) < 4.78 is 23.0. The standard InChI is InChI=1S/C16H21FN2O5/c1-3-4-7-18-16(22)19-14(20)10-24-15(21)9-11-5-6-13(23-2)12(17)8-11/h5-6,8H,3-4,7,9-10H2,1-2H3,(H2,18,19,20,22). The number of rotatable bonds is 8. The summed E-state index contributed by atoms with van der Waals surface area (Å²) in [5, 5.41) is 4.53. The summed E-state index contributed by atoms with van der Waals surface area (Å²) in [6.45, 7) is 1.84. The van der Waals surface area contributed by atoms with Gasteiger partial charge in [-0.15, -0.1) is 0 Å². The molecule has 0 saturated carbocycles. The molecule has 0 radical (unpaired) electrons. The quantitative estimate of drug-likeness (QED) is 0.553. The van der Waals surface area contributed by atoms with Gasteiger partial charge in [0, 0.05) is 6.54 Å². The first-order valence-electron chi connectivity index (χ1n) is 7.52. The van der Waals surface area contributed by atoms with Gasteiger partial charge in [0.15, 0.2) is 18.2 Å². The number of esters is 1. The van der Waals surface area contributed by atoms with Gasteiger partial charge in [0.1, 0.15) is 0 Å². The number of nitrogens with one attached hydrogen (secondary N) is 2. The smallest absolute Gasteiger partial charge is 0.321 e. The molecular weight excluding hydrogens is 319 g/mol. The lowest BCUT2D eigenvalue weighted by atomic mass is 10.1. The first-order valence-corrected chi connectivity index (χ1v) is 7.52. The number of urea groups is 1. The van der Waals surface area contributed by atoms with Crippen LogP contribution in [-0.2, 0) is 20.7 Å². The van der Waals surface area contributed by atoms with Crippen LogP contribution in [0, 0.1) is 5.82 Å². The van der Waals surface area contributed by atoms with E-state index in [0.29, 0.717) is 12.1 Å². The van der Waals surface area contributed by atoms with E-state index >= 15 is 0 Å². The SMILES string of the molecule is CCCCNC(=O)NC(=O)COC(=O)Cc1ccc(OC)c(F)c1. The molecule has 1 aromatic carbocycles. The van der Waals surface area contributed by atoms with E-state index in [0.717, 1.165) is 18.9 Å². The van der Waals surface area contributed by atoms with E-state index in [2.05, 4.69) is 5.32 Å². The van der Waals surface area contributed by atoms with Crippen molar-refractivity contribution >= 4 is 17.9 Å². The Labute approximate surface area is 139 Å². The fourth-order valence-electron chi connectivity index (χ4n) is 1.77. The number of imide groups is 1. The Kier molecular flexibility index (Phi) is 8.24. The zero-order chi connectivity index (χ0) is 17.9. The first-order chi connectivity index (χ1) is 11.5. The van der Waals surface area contributed by atoms with Crippen LogP contribution in [0.1, 0.15) is 25.3 Å². The van der Waals surface area contributed by atoms with Crippen LogP contribution in [0.25, 0.3) is 0 Å². The van der Waals surface area contributed by atoms with Crippen LogP contribution in [0.2, 0.25) is 0 Å². The van der Waals surface area contributed by atoms with Gasteiger partial charge >= 0.3 is 12.0 Å². The van der Waals surface area contributed by atoms with E-state index in [9.17, 15) is 18.8 Å². The number of amides is 3. The van der Waals surface area contributed by atoms with E-state index in [1.54, 1.807) is 0 Å². The Bertz CT molecular complexity index is 592. The Hall–Kier alpha value is -2.64. The van der Waals surface area contributed by atoms with Crippen molar-refractivity contribution in [3.63, 3.8) is 0 Å². The zero-order valence-electron chi connectivity index (χ0n) is 13.7. The Morgan fingerprint density at radius 3 is 2.62 bits per heavy atom. The second kappa shape index (κ2) is 10.2. The molecule has 1 aromatic rings. The number of ether oxygens (including phenoxy) is 2. The molecule has 0 aliphatic rings. The third-order valence-corrected chi connectivity index (χ3v) is 3.00. The van der Waals surface area contributed by atoms with Gasteiger partial charge in [0.25, 0.3) is 5.91 Å². The van der Waals surface area contributed by atoms with E-state index in [1.165, 1.54) is 19.2 Å². The molecule has 8 heteroatoms. The lowest BCUT2D eigenvalue weighted by Crippen LogP contribution is -2.41. The fraction of sp³-hybridized carbons (Fsp3) is 0.438. The van der Waals surface area contributed by atoms with Gasteiger partial charge in [-0.1, -0.05) is 19.4 Å². The molecule has 132 valence electrons. The van der Waals surface area contributed by atoms with Crippen molar-refractivity contribution in [3.05, 3.63) is 29.6 Å². The van der Waals surface area contributed by atoms with Crippen LogP contribution in [0.15, 0.2) is 18.2 Å². The molecule has 0 aliphatic heterocycles. The van der Waals surface area contributed by atoms with Crippen LogP contribution >= 0.6 is 0 Å². The van der Waals surface area contributed by atoms with Gasteiger partial charge in [0.2, 0.25) is 0 Å². The molecule has 1 rings (SSSR count). The summed E-state index contributed by atoms with van der Waals surface area (Å²) >= 11 is 0. The normalized spacial score (nSPS) is 9.96. The summed E-state index contributed by atoms with van der Waals surface area (Å²) in [7, 11) is 1.34. The zero-order valence-corrected chi connectivity index (χ0v) is 13.7. The van der Waals surface area contributed by atoms with Crippen molar-refractivity contribution in [1.29, 1.82) is 0 Å². The number of carbonyl (C=O) groups is 3. The second-order valence-electron chi connectivity index (χ2n) is 4.96. The number of halogens is 1. The van der Waals surface area contributed by atoms with Gasteiger partial charge in [0.05, 0.1) is 13.5 Å². The van der Waals surface area contributed by atoms with E-state index in [1.807, 2.05) is 12.2 Å². The largest absolute Gasteiger partial charge is 0.494 e. The second-order valence-corrected chi connectivity index (χ2v) is 4.96. The molecule has 7 nitrogen and oxygen atoms in total. The summed E-state index contributed by atoms with van der Waals surface area (Å²) in [6, 6.07) is 3.43. The average molecular weight is 340 g/mol. The van der Waals surface area contributed by atoms with Gasteiger partial charge in [-0.2, -0.15) is 0 Å². The number of hydrogen-bond donors (Lipinski definition) is 2. The van der Waals surface area contributed by atoms with Crippen molar-refractivity contribution in [1.82, 2.24) is 10.6 Å². The van der Waals surface area contributed by atoms with E-state index in [4.69, 9.17) is 9.47 Å². The molecular formula is C16H21FN2O5. The maximum absolute atomic E-state index is 13.5. The molecule has 0 heterocycles. The van der Waals surface area contributed by atoms with Crippen molar-refractivity contribution < 1.29 is 28.2 Å². The molecule has 0 aliphatic carbocycles. The molecule has 0 bridgehead atoms. The minimum atomic E-state index is -0.738. The van der Waals surface area contributed by atoms with Gasteiger partial charge in [-0.3, -0.25) is 14.9 Å². The van der Waals surface area contributed by atoms with Crippen molar-refractivity contribution in [3.8, 4) is 5.75 Å². The summed E-state index contributed by atoms with van der Waals surface area (Å²) in [6.07, 6.45) is 1.52. The van der Waals surface area contributed by atoms with Crippen molar-refractivity contribution in [2.45, 2.75) is 26.2 Å². The maximum Gasteiger partial charge on any atom is 0.321 e. The molecule has 2 N–H and O–H groups in total. The van der Waals surface area contributed by atoms with Crippen LogP contribution in [-0.4, -0.2) is 38.2 Å². The van der Waals surface area contributed by atoms with Crippen molar-refractivity contribution in [2.75, 3.05) is 20.3 Å². The monoisotopic (exact) mass is 340 g/mol. The highest BCUT2D eigenvalue weighted by atomic mass is 19.1. The number of benzene rings is 1. The highest BCUT2D eigenvalue weighted by Gasteiger charge is 2.12. The minimum Gasteiger partial charge on any atom is -0.494 e. The van der Waals surface area contributed by atoms with Crippen LogP contribution in [0.4, 0.5) is 9.18 Å². The Balaban J connectivity index is 2.34. The molecule has 0 unspecified atom stereocenters. The number of methoxy groups -OCH3 is 1. The summed E-state index contributed by atoms with van der Waals surface area (Å²) in [5.41, 5.74) is 0.385. The summed E-state index contributed by atoms with van der Waals surface area (Å²) in [4.78, 5) is 34.4. The van der Waals surface area contributed by atoms with Gasteiger partial charge in [-0.05, 0) is 24.1 Å². The predicted molar refractivity (Wildman–Crippen MR) is 84.1 cm³/mol. The summed E-state index contributed by atoms with van der Waals surface area (Å²) in [5.74, 6) is -1.97. The van der Waals surface area contributed by atoms with Gasteiger partial charge in [-0.25, -0.2) is 9.18 Å². The lowest BCUT2D eigenvalue weighted by Gasteiger charge is -2.08. The third-order valence-electron chi connectivity index (χ3n) is 3.00. The highest BCUT2D eigenvalue weighted by Crippen LogP contribution is 2.18. The molecule has 0 saturated heterocycles. The number of carbonyl (C=O) groups excluding carboxylic acids is 3. The third kappa shape index (κ3) is 7.08. The van der Waals surface area contributed by atoms with E-state index < -0.39 is 30.3 Å². The molecule has 0 spiro atoms. The van der Waals surface area contributed by atoms with Crippen LogP contribution in [0.5, 0.6) is 5.75 Å². The minimum absolute atomic E-state index is 0.0700. The average Bonchev–Trinajstić information content (AvgIpc) is 2.53. The Morgan fingerprint density at radius 1 is 1.25 bits per heavy atom. The Morgan fingerprint density at radius 2 is 2.00 bits per heavy atom. The predicted octanol–water partition coefficient (Wildman–Crippen LogP) is 1.55. The van der Waals surface area contributed by atoms with Crippen LogP contribution < -0.4 is 15.4 Å². The lowest BCUT2D eigenvalue weighted by molar-refractivity contribution is -0.147. The number of unbranched alkanes of at least 4 members (excludes halogenated alkanes) is 1. The van der Waals surface area contributed by atoms with Gasteiger partial charge < -0.3 is 14.8 Å². The number of hydrogen-bond acceptors (Lipinski definition) is 5. The molecule has 24 heavy (non-hydrogen) atoms. The highest BCUT2D eigenvalue weighted by molar-refractivity contribution is 5.95. The maximum atomic E-state index is 13.5. The molecule has 0 fully saturated rings. The van der Waals surface area contributed by atoms with Crippen LogP contribution in [0.3, 0.4) is 0 Å². The topological polar surface area (TPSA) is 93.7 Å². The molecule has 3 amide bonds. The molecule has 0 atom stereocenters.